The van der Waals surface area contributed by atoms with Crippen LogP contribution in [-0.4, -0.2) is 31.9 Å². The van der Waals surface area contributed by atoms with Crippen molar-refractivity contribution in [3.05, 3.63) is 23.8 Å². The van der Waals surface area contributed by atoms with E-state index in [2.05, 4.69) is 9.47 Å². The van der Waals surface area contributed by atoms with Gasteiger partial charge < -0.3 is 15.2 Å². The largest absolute Gasteiger partial charge is 0.468 e. The number of nitrogens with two attached hydrogens (primary N) is 1. The summed E-state index contributed by atoms with van der Waals surface area (Å²) in [6.07, 6.45) is 0. The number of esters is 2. The van der Waals surface area contributed by atoms with Crippen LogP contribution in [0.1, 0.15) is 10.4 Å². The highest BCUT2D eigenvalue weighted by Crippen LogP contribution is 2.29. The summed E-state index contributed by atoms with van der Waals surface area (Å²) in [5.41, 5.74) is 6.54. The van der Waals surface area contributed by atoms with Crippen LogP contribution in [0.2, 0.25) is 0 Å². The van der Waals surface area contributed by atoms with E-state index in [0.717, 1.165) is 11.8 Å². The van der Waals surface area contributed by atoms with E-state index in [-0.39, 0.29) is 11.7 Å². The van der Waals surface area contributed by atoms with Gasteiger partial charge in [0.25, 0.3) is 0 Å². The minimum atomic E-state index is -0.482. The highest BCUT2D eigenvalue weighted by atomic mass is 32.2. The second kappa shape index (κ2) is 6.15. The highest BCUT2D eigenvalue weighted by Gasteiger charge is 2.15. The van der Waals surface area contributed by atoms with Gasteiger partial charge in [0.15, 0.2) is 0 Å². The van der Waals surface area contributed by atoms with Crippen LogP contribution >= 0.6 is 11.8 Å². The number of anilines is 1. The lowest BCUT2D eigenvalue weighted by atomic mass is 10.2. The van der Waals surface area contributed by atoms with Crippen LogP contribution in [0.15, 0.2) is 23.1 Å². The zero-order valence-electron chi connectivity index (χ0n) is 9.56. The van der Waals surface area contributed by atoms with Crippen molar-refractivity contribution in [1.82, 2.24) is 0 Å². The van der Waals surface area contributed by atoms with Gasteiger partial charge in [0, 0.05) is 10.6 Å². The maximum atomic E-state index is 11.5. The number of nitrogen functional groups attached to an aromatic ring is 1. The Morgan fingerprint density at radius 2 is 2.00 bits per heavy atom. The molecule has 0 aromatic heterocycles. The van der Waals surface area contributed by atoms with Crippen molar-refractivity contribution in [2.75, 3.05) is 25.7 Å². The molecule has 2 N–H and O–H groups in total. The Labute approximate surface area is 103 Å². The summed E-state index contributed by atoms with van der Waals surface area (Å²) in [5, 5.41) is 0. The lowest BCUT2D eigenvalue weighted by Crippen LogP contribution is -2.08. The van der Waals surface area contributed by atoms with Gasteiger partial charge in [-0.2, -0.15) is 0 Å². The molecule has 17 heavy (non-hydrogen) atoms. The predicted octanol–water partition coefficient (Wildman–Crippen LogP) is 1.32. The smallest absolute Gasteiger partial charge is 0.339 e. The third-order valence-electron chi connectivity index (χ3n) is 2.01. The minimum Gasteiger partial charge on any atom is -0.468 e. The van der Waals surface area contributed by atoms with E-state index in [0.29, 0.717) is 16.1 Å². The Bertz CT molecular complexity index is 433. The first kappa shape index (κ1) is 13.4. The molecule has 1 rings (SSSR count). The second-order valence-corrected chi connectivity index (χ2v) is 4.07. The fourth-order valence-electron chi connectivity index (χ4n) is 1.18. The maximum Gasteiger partial charge on any atom is 0.339 e. The number of thioether (sulfide) groups is 1. The molecule has 0 bridgehead atoms. The monoisotopic (exact) mass is 255 g/mol. The zero-order valence-corrected chi connectivity index (χ0v) is 10.4. The van der Waals surface area contributed by atoms with Gasteiger partial charge in [-0.25, -0.2) is 4.79 Å². The van der Waals surface area contributed by atoms with Crippen LogP contribution in [0.25, 0.3) is 0 Å². The molecule has 0 amide bonds. The van der Waals surface area contributed by atoms with Crippen LogP contribution in [0.3, 0.4) is 0 Å². The number of methoxy groups -OCH3 is 2. The number of hydrogen-bond acceptors (Lipinski definition) is 6. The molecule has 0 aliphatic heterocycles. The summed E-state index contributed by atoms with van der Waals surface area (Å²) < 4.78 is 9.16. The topological polar surface area (TPSA) is 78.6 Å². The Morgan fingerprint density at radius 1 is 1.29 bits per heavy atom. The summed E-state index contributed by atoms with van der Waals surface area (Å²) in [7, 11) is 2.60. The van der Waals surface area contributed by atoms with Crippen molar-refractivity contribution in [3.63, 3.8) is 0 Å². The normalized spacial score (nSPS) is 9.76. The van der Waals surface area contributed by atoms with Gasteiger partial charge in [-0.3, -0.25) is 4.79 Å². The Kier molecular flexibility index (Phi) is 4.84. The molecule has 0 saturated heterocycles. The first-order chi connectivity index (χ1) is 8.10. The predicted molar refractivity (Wildman–Crippen MR) is 64.9 cm³/mol. The van der Waals surface area contributed by atoms with Gasteiger partial charge >= 0.3 is 11.9 Å². The summed E-state index contributed by atoms with van der Waals surface area (Å²) >= 11 is 1.15. The van der Waals surface area contributed by atoms with Crippen molar-refractivity contribution < 1.29 is 19.1 Å². The molecule has 1 aromatic carbocycles. The Balaban J connectivity index is 2.95. The molecule has 5 nitrogen and oxygen atoms in total. The third kappa shape index (κ3) is 3.39. The van der Waals surface area contributed by atoms with Crippen molar-refractivity contribution in [2.45, 2.75) is 4.90 Å². The molecule has 0 aliphatic carbocycles. The van der Waals surface area contributed by atoms with Crippen LogP contribution in [0, 0.1) is 0 Å². The van der Waals surface area contributed by atoms with E-state index < -0.39 is 5.97 Å². The number of benzene rings is 1. The van der Waals surface area contributed by atoms with Crippen LogP contribution < -0.4 is 5.73 Å². The third-order valence-corrected chi connectivity index (χ3v) is 3.14. The number of carbonyl (C=O) groups is 2. The molecule has 0 atom stereocenters. The van der Waals surface area contributed by atoms with Crippen molar-refractivity contribution in [3.8, 4) is 0 Å². The molecule has 0 radical (unpaired) electrons. The van der Waals surface area contributed by atoms with E-state index in [1.807, 2.05) is 0 Å². The maximum absolute atomic E-state index is 11.5. The number of carbonyl (C=O) groups excluding carboxylic acids is 2. The van der Waals surface area contributed by atoms with Gasteiger partial charge in [-0.05, 0) is 12.1 Å². The second-order valence-electron chi connectivity index (χ2n) is 3.08. The fraction of sp³-hybridized carbons (Fsp3) is 0.273. The van der Waals surface area contributed by atoms with Gasteiger partial charge in [-0.1, -0.05) is 6.07 Å². The van der Waals surface area contributed by atoms with E-state index in [9.17, 15) is 9.59 Å². The van der Waals surface area contributed by atoms with Crippen LogP contribution in [-0.2, 0) is 14.3 Å². The lowest BCUT2D eigenvalue weighted by Gasteiger charge is -2.09. The van der Waals surface area contributed by atoms with E-state index in [1.165, 1.54) is 14.2 Å². The Morgan fingerprint density at radius 3 is 2.59 bits per heavy atom. The van der Waals surface area contributed by atoms with Crippen molar-refractivity contribution >= 4 is 29.4 Å². The quantitative estimate of drug-likeness (QED) is 0.496. The van der Waals surface area contributed by atoms with Crippen LogP contribution in [0.4, 0.5) is 5.69 Å². The van der Waals surface area contributed by atoms with E-state index in [1.54, 1.807) is 18.2 Å². The van der Waals surface area contributed by atoms with E-state index in [4.69, 9.17) is 5.73 Å². The molecule has 0 heterocycles. The van der Waals surface area contributed by atoms with Crippen molar-refractivity contribution in [2.24, 2.45) is 0 Å². The molecule has 1 aromatic rings. The average Bonchev–Trinajstić information content (AvgIpc) is 2.35. The molecule has 0 fully saturated rings. The fourth-order valence-corrected chi connectivity index (χ4v) is 2.10. The first-order valence-corrected chi connectivity index (χ1v) is 5.75. The van der Waals surface area contributed by atoms with Crippen molar-refractivity contribution in [1.29, 1.82) is 0 Å². The highest BCUT2D eigenvalue weighted by molar-refractivity contribution is 8.00. The van der Waals surface area contributed by atoms with Gasteiger partial charge in [0.2, 0.25) is 0 Å². The number of ether oxygens (including phenoxy) is 2. The number of rotatable bonds is 4. The molecular weight excluding hydrogens is 242 g/mol. The SMILES string of the molecule is COC(=O)CSc1c(N)cccc1C(=O)OC. The van der Waals surface area contributed by atoms with Gasteiger partial charge in [-0.15, -0.1) is 11.8 Å². The molecule has 92 valence electrons. The first-order valence-electron chi connectivity index (χ1n) is 4.76. The molecule has 0 spiro atoms. The Hall–Kier alpha value is -1.69. The minimum absolute atomic E-state index is 0.0920. The van der Waals surface area contributed by atoms with Gasteiger partial charge in [0.1, 0.15) is 0 Å². The molecule has 6 heteroatoms. The van der Waals surface area contributed by atoms with E-state index >= 15 is 0 Å². The molecule has 0 aliphatic rings. The average molecular weight is 255 g/mol. The number of hydrogen-bond donors (Lipinski definition) is 1. The molecular formula is C11H13NO4S. The standard InChI is InChI=1S/C11H13NO4S/c1-15-9(13)6-17-10-7(11(14)16-2)4-3-5-8(10)12/h3-5H,6,12H2,1-2H3. The van der Waals surface area contributed by atoms with Gasteiger partial charge in [0.05, 0.1) is 25.5 Å². The zero-order chi connectivity index (χ0) is 12.8. The summed E-state index contributed by atoms with van der Waals surface area (Å²) in [5.74, 6) is -0.770. The summed E-state index contributed by atoms with van der Waals surface area (Å²) in [6, 6.07) is 4.91. The summed E-state index contributed by atoms with van der Waals surface area (Å²) in [6.45, 7) is 0. The summed E-state index contributed by atoms with van der Waals surface area (Å²) in [4.78, 5) is 23.1. The lowest BCUT2D eigenvalue weighted by molar-refractivity contribution is -0.137. The van der Waals surface area contributed by atoms with Crippen LogP contribution in [0.5, 0.6) is 0 Å². The molecule has 0 saturated carbocycles. The molecule has 0 unspecified atom stereocenters.